The summed E-state index contributed by atoms with van der Waals surface area (Å²) in [5.74, 6) is 0.494. The van der Waals surface area contributed by atoms with E-state index in [1.807, 2.05) is 18.4 Å². The van der Waals surface area contributed by atoms with Gasteiger partial charge in [-0.1, -0.05) is 0 Å². The summed E-state index contributed by atoms with van der Waals surface area (Å²) in [5, 5.41) is 10.1. The highest BCUT2D eigenvalue weighted by Gasteiger charge is 2.07. The molecule has 0 atom stereocenters. The van der Waals surface area contributed by atoms with Gasteiger partial charge >= 0.3 is 5.82 Å². The Balaban J connectivity index is 0.000000184. The van der Waals surface area contributed by atoms with Gasteiger partial charge in [0, 0.05) is 19.3 Å². The van der Waals surface area contributed by atoms with E-state index in [0.29, 0.717) is 12.4 Å². The Morgan fingerprint density at radius 2 is 1.78 bits per heavy atom. The van der Waals surface area contributed by atoms with Crippen LogP contribution >= 0.6 is 0 Å². The Bertz CT molecular complexity index is 504. The summed E-state index contributed by atoms with van der Waals surface area (Å²) in [6.07, 6.45) is 6.37. The summed E-state index contributed by atoms with van der Waals surface area (Å²) in [6.45, 7) is 5.58. The summed E-state index contributed by atoms with van der Waals surface area (Å²) in [6, 6.07) is 0. The van der Waals surface area contributed by atoms with Crippen LogP contribution in [0.1, 0.15) is 13.8 Å². The van der Waals surface area contributed by atoms with E-state index in [1.165, 1.54) is 12.5 Å². The second-order valence-corrected chi connectivity index (χ2v) is 3.45. The highest BCUT2D eigenvalue weighted by atomic mass is 16.6. The molecule has 2 aromatic heterocycles. The molecular weight excluding hydrogens is 236 g/mol. The fraction of sp³-hybridized carbons (Fsp3) is 0.400. The fourth-order valence-corrected chi connectivity index (χ4v) is 1.17. The van der Waals surface area contributed by atoms with Crippen molar-refractivity contribution in [3.05, 3.63) is 35.2 Å². The number of nitro groups is 1. The summed E-state index contributed by atoms with van der Waals surface area (Å²) in [5.41, 5.74) is 5.32. The highest BCUT2D eigenvalue weighted by molar-refractivity contribution is 5.22. The zero-order chi connectivity index (χ0) is 13.5. The van der Waals surface area contributed by atoms with Crippen LogP contribution in [0.2, 0.25) is 0 Å². The quantitative estimate of drug-likeness (QED) is 0.654. The molecule has 0 radical (unpaired) electrons. The normalized spacial score (nSPS) is 9.67. The van der Waals surface area contributed by atoms with Crippen molar-refractivity contribution in [2.45, 2.75) is 26.9 Å². The minimum absolute atomic E-state index is 0.0955. The van der Waals surface area contributed by atoms with Crippen molar-refractivity contribution in [1.82, 2.24) is 19.1 Å². The van der Waals surface area contributed by atoms with E-state index in [1.54, 1.807) is 17.1 Å². The number of nitrogens with zero attached hydrogens (tertiary/aromatic N) is 5. The van der Waals surface area contributed by atoms with Crippen LogP contribution in [-0.4, -0.2) is 24.0 Å². The zero-order valence-corrected chi connectivity index (χ0v) is 10.4. The Morgan fingerprint density at radius 3 is 2.06 bits per heavy atom. The molecule has 0 aliphatic carbocycles. The van der Waals surface area contributed by atoms with Crippen LogP contribution in [0.3, 0.4) is 0 Å². The molecule has 2 N–H and O–H groups in total. The van der Waals surface area contributed by atoms with Gasteiger partial charge < -0.3 is 25.0 Å². The van der Waals surface area contributed by atoms with Crippen molar-refractivity contribution in [3.8, 4) is 0 Å². The van der Waals surface area contributed by atoms with Crippen molar-refractivity contribution in [2.24, 2.45) is 0 Å². The molecule has 0 saturated carbocycles. The molecule has 0 spiro atoms. The summed E-state index contributed by atoms with van der Waals surface area (Å²) in [7, 11) is 0. The van der Waals surface area contributed by atoms with E-state index in [0.717, 1.165) is 6.54 Å². The monoisotopic (exact) mass is 252 g/mol. The smallest absolute Gasteiger partial charge is 0.381 e. The van der Waals surface area contributed by atoms with Gasteiger partial charge in [-0.25, -0.2) is 4.98 Å². The standard InChI is InChI=1S/C5H7N3O2.C5H9N3/c1-2-7-3-5(6-4-7)8(9)10;1-2-8-3-5(6)7-4-8/h3-4H,2H2,1H3;3-4H,2,6H2,1H3. The van der Waals surface area contributed by atoms with Crippen LogP contribution in [0.25, 0.3) is 0 Å². The maximum Gasteiger partial charge on any atom is 0.381 e. The third kappa shape index (κ3) is 3.89. The molecule has 2 rings (SSSR count). The Kier molecular flexibility index (Phi) is 4.85. The van der Waals surface area contributed by atoms with Gasteiger partial charge in [0.05, 0.1) is 6.33 Å². The molecule has 18 heavy (non-hydrogen) atoms. The summed E-state index contributed by atoms with van der Waals surface area (Å²) >= 11 is 0. The SMILES string of the molecule is CCn1cnc(N)c1.CCn1cnc([N+](=O)[O-])c1. The van der Waals surface area contributed by atoms with Crippen molar-refractivity contribution in [2.75, 3.05) is 5.73 Å². The number of hydrogen-bond acceptors (Lipinski definition) is 5. The van der Waals surface area contributed by atoms with E-state index < -0.39 is 4.92 Å². The second-order valence-electron chi connectivity index (χ2n) is 3.45. The van der Waals surface area contributed by atoms with E-state index >= 15 is 0 Å². The van der Waals surface area contributed by atoms with Crippen LogP contribution in [-0.2, 0) is 13.1 Å². The second kappa shape index (κ2) is 6.38. The van der Waals surface area contributed by atoms with E-state index in [-0.39, 0.29) is 5.82 Å². The molecule has 0 unspecified atom stereocenters. The van der Waals surface area contributed by atoms with Crippen LogP contribution < -0.4 is 5.73 Å². The zero-order valence-electron chi connectivity index (χ0n) is 10.4. The molecular formula is C10H16N6O2. The first-order valence-corrected chi connectivity index (χ1v) is 5.50. The van der Waals surface area contributed by atoms with Gasteiger partial charge in [0.15, 0.2) is 0 Å². The van der Waals surface area contributed by atoms with Crippen LogP contribution in [0.4, 0.5) is 11.6 Å². The molecule has 0 aliphatic heterocycles. The fourth-order valence-electron chi connectivity index (χ4n) is 1.17. The van der Waals surface area contributed by atoms with E-state index in [9.17, 15) is 10.1 Å². The number of aromatic nitrogens is 4. The number of anilines is 1. The van der Waals surface area contributed by atoms with Gasteiger partial charge in [-0.05, 0) is 23.8 Å². The number of imidazole rings is 2. The molecule has 0 amide bonds. The lowest BCUT2D eigenvalue weighted by Crippen LogP contribution is -1.88. The van der Waals surface area contributed by atoms with Crippen molar-refractivity contribution >= 4 is 11.6 Å². The highest BCUT2D eigenvalue weighted by Crippen LogP contribution is 2.04. The van der Waals surface area contributed by atoms with E-state index in [2.05, 4.69) is 9.97 Å². The number of rotatable bonds is 3. The molecule has 2 aromatic rings. The Labute approximate surface area is 104 Å². The molecule has 98 valence electrons. The first kappa shape index (κ1) is 13.7. The molecule has 0 fully saturated rings. The van der Waals surface area contributed by atoms with Gasteiger partial charge in [0.2, 0.25) is 6.33 Å². The van der Waals surface area contributed by atoms with Gasteiger partial charge in [-0.3, -0.25) is 0 Å². The molecule has 0 aliphatic rings. The minimum atomic E-state index is -0.508. The van der Waals surface area contributed by atoms with E-state index in [4.69, 9.17) is 5.73 Å². The maximum atomic E-state index is 10.1. The number of nitrogens with two attached hydrogens (primary N) is 1. The Hall–Kier alpha value is -2.38. The van der Waals surface area contributed by atoms with Crippen LogP contribution in [0.15, 0.2) is 25.0 Å². The predicted molar refractivity (Wildman–Crippen MR) is 66.9 cm³/mol. The first-order valence-electron chi connectivity index (χ1n) is 5.50. The van der Waals surface area contributed by atoms with Crippen LogP contribution in [0, 0.1) is 10.1 Å². The topological polar surface area (TPSA) is 105 Å². The molecule has 2 heterocycles. The van der Waals surface area contributed by atoms with Crippen molar-refractivity contribution in [1.29, 1.82) is 0 Å². The van der Waals surface area contributed by atoms with Gasteiger partial charge in [0.1, 0.15) is 12.0 Å². The van der Waals surface area contributed by atoms with Gasteiger partial charge in [-0.15, -0.1) is 0 Å². The first-order chi connectivity index (χ1) is 8.56. The number of hydrogen-bond donors (Lipinski definition) is 1. The van der Waals surface area contributed by atoms with Crippen molar-refractivity contribution in [3.63, 3.8) is 0 Å². The molecule has 0 bridgehead atoms. The van der Waals surface area contributed by atoms with Gasteiger partial charge in [-0.2, -0.15) is 0 Å². The number of nitrogen functional groups attached to an aromatic ring is 1. The summed E-state index contributed by atoms with van der Waals surface area (Å²) in [4.78, 5) is 16.9. The van der Waals surface area contributed by atoms with Gasteiger partial charge in [0.25, 0.3) is 0 Å². The Morgan fingerprint density at radius 1 is 1.22 bits per heavy atom. The maximum absolute atomic E-state index is 10.1. The average molecular weight is 252 g/mol. The number of aryl methyl sites for hydroxylation is 2. The largest absolute Gasteiger partial charge is 0.382 e. The molecule has 8 heteroatoms. The third-order valence-electron chi connectivity index (χ3n) is 2.19. The van der Waals surface area contributed by atoms with Crippen LogP contribution in [0.5, 0.6) is 0 Å². The molecule has 8 nitrogen and oxygen atoms in total. The lowest BCUT2D eigenvalue weighted by molar-refractivity contribution is -0.389. The lowest BCUT2D eigenvalue weighted by atomic mass is 10.7. The average Bonchev–Trinajstić information content (AvgIpc) is 2.97. The third-order valence-corrected chi connectivity index (χ3v) is 2.19. The van der Waals surface area contributed by atoms with Crippen molar-refractivity contribution < 1.29 is 4.92 Å². The predicted octanol–water partition coefficient (Wildman–Crippen LogP) is 1.30. The molecule has 0 aromatic carbocycles. The lowest BCUT2D eigenvalue weighted by Gasteiger charge is -1.88. The molecule has 0 saturated heterocycles. The summed E-state index contributed by atoms with van der Waals surface area (Å²) < 4.78 is 3.58. The minimum Gasteiger partial charge on any atom is -0.382 e.